The topological polar surface area (TPSA) is 46.9 Å². The van der Waals surface area contributed by atoms with E-state index in [1.165, 1.54) is 24.3 Å². The molecule has 2 rings (SSSR count). The zero-order valence-electron chi connectivity index (χ0n) is 10.3. The Morgan fingerprint density at radius 2 is 2.00 bits per heavy atom. The molecule has 1 aromatic carbocycles. The maximum atomic E-state index is 12.7. The molecule has 0 saturated carbocycles. The predicted octanol–water partition coefficient (Wildman–Crippen LogP) is 2.28. The van der Waals surface area contributed by atoms with E-state index >= 15 is 0 Å². The van der Waals surface area contributed by atoms with Gasteiger partial charge in [0.2, 0.25) is 5.91 Å². The van der Waals surface area contributed by atoms with E-state index in [0.29, 0.717) is 5.69 Å². The lowest BCUT2D eigenvalue weighted by Gasteiger charge is -2.05. The van der Waals surface area contributed by atoms with E-state index in [4.69, 9.17) is 0 Å². The molecular formula is C13H14FN3O. The number of benzene rings is 1. The summed E-state index contributed by atoms with van der Waals surface area (Å²) in [5.41, 5.74) is 2.52. The van der Waals surface area contributed by atoms with E-state index in [0.717, 1.165) is 11.3 Å². The standard InChI is InChI=1S/C13H14FN3O/c1-9-7-17(16-10(9)2)8-13(18)15-12-5-3-11(14)4-6-12/h3-7H,8H2,1-2H3,(H,15,18). The molecule has 0 saturated heterocycles. The van der Waals surface area contributed by atoms with Crippen LogP contribution in [-0.4, -0.2) is 15.7 Å². The van der Waals surface area contributed by atoms with Crippen LogP contribution in [0.5, 0.6) is 0 Å². The number of aryl methyl sites for hydroxylation is 2. The number of anilines is 1. The van der Waals surface area contributed by atoms with Gasteiger partial charge in [-0.2, -0.15) is 5.10 Å². The lowest BCUT2D eigenvalue weighted by atomic mass is 10.3. The van der Waals surface area contributed by atoms with Crippen LogP contribution in [0.2, 0.25) is 0 Å². The SMILES string of the molecule is Cc1cn(CC(=O)Nc2ccc(F)cc2)nc1C. The maximum absolute atomic E-state index is 12.7. The second-order valence-electron chi connectivity index (χ2n) is 4.15. The van der Waals surface area contributed by atoms with Crippen LogP contribution < -0.4 is 5.32 Å². The summed E-state index contributed by atoms with van der Waals surface area (Å²) in [5, 5.41) is 6.88. The third-order valence-electron chi connectivity index (χ3n) is 2.63. The number of rotatable bonds is 3. The highest BCUT2D eigenvalue weighted by Gasteiger charge is 2.06. The van der Waals surface area contributed by atoms with Crippen LogP contribution in [-0.2, 0) is 11.3 Å². The van der Waals surface area contributed by atoms with Gasteiger partial charge in [0, 0.05) is 11.9 Å². The van der Waals surface area contributed by atoms with E-state index in [1.54, 1.807) is 4.68 Å². The number of amides is 1. The molecule has 0 fully saturated rings. The molecule has 4 nitrogen and oxygen atoms in total. The van der Waals surface area contributed by atoms with Gasteiger partial charge in [0.25, 0.3) is 0 Å². The third kappa shape index (κ3) is 2.94. The molecule has 18 heavy (non-hydrogen) atoms. The van der Waals surface area contributed by atoms with Gasteiger partial charge in [0.15, 0.2) is 0 Å². The molecule has 0 aliphatic heterocycles. The van der Waals surface area contributed by atoms with Crippen molar-refractivity contribution in [3.63, 3.8) is 0 Å². The summed E-state index contributed by atoms with van der Waals surface area (Å²) in [4.78, 5) is 11.7. The molecule has 1 amide bonds. The quantitative estimate of drug-likeness (QED) is 0.904. The Balaban J connectivity index is 1.98. The average molecular weight is 247 g/mol. The van der Waals surface area contributed by atoms with Crippen molar-refractivity contribution >= 4 is 11.6 Å². The monoisotopic (exact) mass is 247 g/mol. The minimum Gasteiger partial charge on any atom is -0.324 e. The molecular weight excluding hydrogens is 233 g/mol. The number of carbonyl (C=O) groups excluding carboxylic acids is 1. The average Bonchev–Trinajstić information content (AvgIpc) is 2.61. The fourth-order valence-electron chi connectivity index (χ4n) is 1.58. The van der Waals surface area contributed by atoms with Crippen molar-refractivity contribution in [3.8, 4) is 0 Å². The van der Waals surface area contributed by atoms with Crippen LogP contribution in [0, 0.1) is 19.7 Å². The summed E-state index contributed by atoms with van der Waals surface area (Å²) < 4.78 is 14.3. The molecule has 94 valence electrons. The zero-order chi connectivity index (χ0) is 13.1. The molecule has 0 unspecified atom stereocenters. The Labute approximate surface area is 104 Å². The van der Waals surface area contributed by atoms with Gasteiger partial charge >= 0.3 is 0 Å². The van der Waals surface area contributed by atoms with Crippen LogP contribution in [0.1, 0.15) is 11.3 Å². The van der Waals surface area contributed by atoms with Crippen molar-refractivity contribution in [3.05, 3.63) is 47.5 Å². The highest BCUT2D eigenvalue weighted by atomic mass is 19.1. The Morgan fingerprint density at radius 1 is 1.33 bits per heavy atom. The first-order chi connectivity index (χ1) is 8.54. The van der Waals surface area contributed by atoms with Gasteiger partial charge < -0.3 is 5.32 Å². The third-order valence-corrected chi connectivity index (χ3v) is 2.63. The van der Waals surface area contributed by atoms with Crippen molar-refractivity contribution in [2.45, 2.75) is 20.4 Å². The fraction of sp³-hybridized carbons (Fsp3) is 0.231. The van der Waals surface area contributed by atoms with Gasteiger partial charge in [0.1, 0.15) is 12.4 Å². The summed E-state index contributed by atoms with van der Waals surface area (Å²) in [6.07, 6.45) is 1.82. The molecule has 0 aliphatic rings. The van der Waals surface area contributed by atoms with Crippen molar-refractivity contribution in [1.82, 2.24) is 9.78 Å². The van der Waals surface area contributed by atoms with E-state index in [1.807, 2.05) is 20.0 Å². The molecule has 2 aromatic rings. The minimum absolute atomic E-state index is 0.145. The second-order valence-corrected chi connectivity index (χ2v) is 4.15. The van der Waals surface area contributed by atoms with Crippen LogP contribution in [0.25, 0.3) is 0 Å². The molecule has 1 aromatic heterocycles. The Bertz CT molecular complexity index is 541. The molecule has 1 N–H and O–H groups in total. The van der Waals surface area contributed by atoms with Gasteiger partial charge in [-0.1, -0.05) is 0 Å². The number of halogens is 1. The van der Waals surface area contributed by atoms with Gasteiger partial charge in [-0.15, -0.1) is 0 Å². The van der Waals surface area contributed by atoms with E-state index < -0.39 is 0 Å². The summed E-state index contributed by atoms with van der Waals surface area (Å²) in [7, 11) is 0. The Hall–Kier alpha value is -2.17. The van der Waals surface area contributed by atoms with Crippen LogP contribution >= 0.6 is 0 Å². The van der Waals surface area contributed by atoms with E-state index in [2.05, 4.69) is 10.4 Å². The van der Waals surface area contributed by atoms with E-state index in [9.17, 15) is 9.18 Å². The van der Waals surface area contributed by atoms with Crippen LogP contribution in [0.15, 0.2) is 30.5 Å². The smallest absolute Gasteiger partial charge is 0.246 e. The molecule has 0 radical (unpaired) electrons. The second kappa shape index (κ2) is 5.00. The normalized spacial score (nSPS) is 10.4. The Morgan fingerprint density at radius 3 is 2.56 bits per heavy atom. The highest BCUT2D eigenvalue weighted by molar-refractivity contribution is 5.90. The number of nitrogens with one attached hydrogen (secondary N) is 1. The molecule has 1 heterocycles. The first-order valence-electron chi connectivity index (χ1n) is 5.60. The lowest BCUT2D eigenvalue weighted by Crippen LogP contribution is -2.19. The highest BCUT2D eigenvalue weighted by Crippen LogP contribution is 2.08. The zero-order valence-corrected chi connectivity index (χ0v) is 10.3. The molecule has 0 aliphatic carbocycles. The summed E-state index contributed by atoms with van der Waals surface area (Å²) in [5.74, 6) is -0.518. The van der Waals surface area contributed by atoms with Gasteiger partial charge in [-0.3, -0.25) is 9.48 Å². The largest absolute Gasteiger partial charge is 0.324 e. The van der Waals surface area contributed by atoms with Crippen LogP contribution in [0.3, 0.4) is 0 Å². The number of aromatic nitrogens is 2. The lowest BCUT2D eigenvalue weighted by molar-refractivity contribution is -0.116. The minimum atomic E-state index is -0.327. The van der Waals surface area contributed by atoms with Crippen molar-refractivity contribution < 1.29 is 9.18 Å². The number of hydrogen-bond donors (Lipinski definition) is 1. The summed E-state index contributed by atoms with van der Waals surface area (Å²) in [6, 6.07) is 5.65. The summed E-state index contributed by atoms with van der Waals surface area (Å²) >= 11 is 0. The molecule has 0 spiro atoms. The number of carbonyl (C=O) groups is 1. The molecule has 0 atom stereocenters. The first kappa shape index (κ1) is 12.3. The van der Waals surface area contributed by atoms with Gasteiger partial charge in [-0.25, -0.2) is 4.39 Å². The van der Waals surface area contributed by atoms with E-state index in [-0.39, 0.29) is 18.3 Å². The van der Waals surface area contributed by atoms with Crippen LogP contribution in [0.4, 0.5) is 10.1 Å². The first-order valence-corrected chi connectivity index (χ1v) is 5.60. The van der Waals surface area contributed by atoms with Gasteiger partial charge in [0.05, 0.1) is 5.69 Å². The van der Waals surface area contributed by atoms with Crippen molar-refractivity contribution in [1.29, 1.82) is 0 Å². The number of hydrogen-bond acceptors (Lipinski definition) is 2. The van der Waals surface area contributed by atoms with Crippen molar-refractivity contribution in [2.75, 3.05) is 5.32 Å². The maximum Gasteiger partial charge on any atom is 0.246 e. The number of nitrogens with zero attached hydrogens (tertiary/aromatic N) is 2. The predicted molar refractivity (Wildman–Crippen MR) is 66.7 cm³/mol. The fourth-order valence-corrected chi connectivity index (χ4v) is 1.58. The van der Waals surface area contributed by atoms with Crippen molar-refractivity contribution in [2.24, 2.45) is 0 Å². The molecule has 5 heteroatoms. The molecule has 0 bridgehead atoms. The Kier molecular flexibility index (Phi) is 3.41. The van der Waals surface area contributed by atoms with Gasteiger partial charge in [-0.05, 0) is 43.7 Å². The summed E-state index contributed by atoms with van der Waals surface area (Å²) in [6.45, 7) is 3.98.